The number of aryl methyl sites for hydroxylation is 1. The summed E-state index contributed by atoms with van der Waals surface area (Å²) in [6, 6.07) is 9.95. The minimum Gasteiger partial charge on any atom is -0.353 e. The van der Waals surface area contributed by atoms with E-state index in [2.05, 4.69) is 20.4 Å². The fourth-order valence-corrected chi connectivity index (χ4v) is 1.91. The van der Waals surface area contributed by atoms with E-state index in [0.717, 1.165) is 24.3 Å². The smallest absolute Gasteiger partial charge is 0.243 e. The number of fused-ring (bicyclic) bond motifs is 1. The van der Waals surface area contributed by atoms with Crippen molar-refractivity contribution in [1.82, 2.24) is 19.6 Å². The van der Waals surface area contributed by atoms with Crippen LogP contribution in [0, 0.1) is 6.92 Å². The second-order valence-electron chi connectivity index (χ2n) is 4.44. The summed E-state index contributed by atoms with van der Waals surface area (Å²) in [7, 11) is 0. The summed E-state index contributed by atoms with van der Waals surface area (Å²) in [5, 5.41) is 7.58. The molecule has 0 amide bonds. The molecule has 96 valence electrons. The maximum absolute atomic E-state index is 4.43. The first-order valence-corrected chi connectivity index (χ1v) is 6.28. The lowest BCUT2D eigenvalue weighted by Gasteiger charge is -2.00. The van der Waals surface area contributed by atoms with Gasteiger partial charge in [-0.1, -0.05) is 6.07 Å². The molecule has 0 fully saturated rings. The molecule has 5 nitrogen and oxygen atoms in total. The Labute approximate surface area is 111 Å². The molecule has 0 radical (unpaired) electrons. The molecule has 3 rings (SSSR count). The number of hydrogen-bond acceptors (Lipinski definition) is 4. The van der Waals surface area contributed by atoms with Crippen molar-refractivity contribution in [3.05, 3.63) is 54.0 Å². The molecule has 0 aliphatic carbocycles. The van der Waals surface area contributed by atoms with E-state index in [9.17, 15) is 0 Å². The van der Waals surface area contributed by atoms with Crippen molar-refractivity contribution in [1.29, 1.82) is 0 Å². The van der Waals surface area contributed by atoms with Crippen LogP contribution < -0.4 is 5.32 Å². The van der Waals surface area contributed by atoms with Gasteiger partial charge in [0.2, 0.25) is 5.95 Å². The molecule has 1 N–H and O–H groups in total. The monoisotopic (exact) mass is 253 g/mol. The number of anilines is 1. The van der Waals surface area contributed by atoms with E-state index >= 15 is 0 Å². The highest BCUT2D eigenvalue weighted by Crippen LogP contribution is 2.07. The van der Waals surface area contributed by atoms with Gasteiger partial charge in [0.05, 0.1) is 0 Å². The van der Waals surface area contributed by atoms with E-state index in [1.807, 2.05) is 43.5 Å². The Balaban J connectivity index is 1.65. The highest BCUT2D eigenvalue weighted by molar-refractivity contribution is 5.45. The Morgan fingerprint density at radius 1 is 1.26 bits per heavy atom. The van der Waals surface area contributed by atoms with Gasteiger partial charge in [0, 0.05) is 31.1 Å². The Hall–Kier alpha value is -2.43. The zero-order valence-corrected chi connectivity index (χ0v) is 10.7. The van der Waals surface area contributed by atoms with Crippen molar-refractivity contribution >= 4 is 11.6 Å². The largest absolute Gasteiger partial charge is 0.353 e. The normalized spacial score (nSPS) is 10.8. The molecule has 19 heavy (non-hydrogen) atoms. The molecule has 3 aromatic rings. The van der Waals surface area contributed by atoms with Gasteiger partial charge in [0.25, 0.3) is 0 Å². The lowest BCUT2D eigenvalue weighted by Crippen LogP contribution is -2.07. The maximum Gasteiger partial charge on any atom is 0.243 e. The van der Waals surface area contributed by atoms with Crippen molar-refractivity contribution in [3.8, 4) is 0 Å². The van der Waals surface area contributed by atoms with Crippen LogP contribution in [0.2, 0.25) is 0 Å². The van der Waals surface area contributed by atoms with Crippen LogP contribution in [0.5, 0.6) is 0 Å². The number of nitrogens with one attached hydrogen (secondary N) is 1. The summed E-state index contributed by atoms with van der Waals surface area (Å²) in [5.74, 6) is 0.654. The molecule has 0 saturated carbocycles. The van der Waals surface area contributed by atoms with Gasteiger partial charge < -0.3 is 5.32 Å². The predicted octanol–water partition coefficient (Wildman–Crippen LogP) is 2.09. The van der Waals surface area contributed by atoms with Gasteiger partial charge in [-0.25, -0.2) is 4.52 Å². The first-order chi connectivity index (χ1) is 9.31. The molecule has 0 aliphatic rings. The average molecular weight is 253 g/mol. The van der Waals surface area contributed by atoms with Gasteiger partial charge in [-0.2, -0.15) is 4.98 Å². The van der Waals surface area contributed by atoms with E-state index in [4.69, 9.17) is 0 Å². The third kappa shape index (κ3) is 2.70. The summed E-state index contributed by atoms with van der Waals surface area (Å²) in [6.07, 6.45) is 4.58. The van der Waals surface area contributed by atoms with Gasteiger partial charge in [0.1, 0.15) is 0 Å². The molecule has 0 saturated heterocycles. The van der Waals surface area contributed by atoms with E-state index in [1.165, 1.54) is 5.56 Å². The highest BCUT2D eigenvalue weighted by Gasteiger charge is 2.02. The number of rotatable bonds is 4. The summed E-state index contributed by atoms with van der Waals surface area (Å²) >= 11 is 0. The second-order valence-corrected chi connectivity index (χ2v) is 4.44. The molecule has 0 unspecified atom stereocenters. The van der Waals surface area contributed by atoms with Crippen LogP contribution in [0.15, 0.2) is 42.7 Å². The Morgan fingerprint density at radius 2 is 2.21 bits per heavy atom. The molecule has 0 spiro atoms. The van der Waals surface area contributed by atoms with Gasteiger partial charge in [-0.05, 0) is 36.8 Å². The van der Waals surface area contributed by atoms with Crippen LogP contribution in [-0.4, -0.2) is 26.1 Å². The third-order valence-electron chi connectivity index (χ3n) is 2.88. The topological polar surface area (TPSA) is 55.1 Å². The van der Waals surface area contributed by atoms with Crippen LogP contribution in [-0.2, 0) is 6.42 Å². The molecule has 3 heterocycles. The minimum absolute atomic E-state index is 0.654. The highest BCUT2D eigenvalue weighted by atomic mass is 15.3. The van der Waals surface area contributed by atoms with Gasteiger partial charge >= 0.3 is 0 Å². The molecule has 5 heteroatoms. The van der Waals surface area contributed by atoms with Crippen LogP contribution >= 0.6 is 0 Å². The fourth-order valence-electron chi connectivity index (χ4n) is 1.91. The second kappa shape index (κ2) is 5.06. The lowest BCUT2D eigenvalue weighted by molar-refractivity contribution is 0.919. The molecular weight excluding hydrogens is 238 g/mol. The predicted molar refractivity (Wildman–Crippen MR) is 74.2 cm³/mol. The zero-order chi connectivity index (χ0) is 13.1. The quantitative estimate of drug-likeness (QED) is 0.773. The Morgan fingerprint density at radius 3 is 3.05 bits per heavy atom. The SMILES string of the molecule is Cc1ccn2nc(NCCc3ccccn3)nc2c1. The maximum atomic E-state index is 4.43. The van der Waals surface area contributed by atoms with Gasteiger partial charge in [-0.15, -0.1) is 5.10 Å². The minimum atomic E-state index is 0.654. The average Bonchev–Trinajstić information content (AvgIpc) is 2.82. The van der Waals surface area contributed by atoms with E-state index in [-0.39, 0.29) is 0 Å². The van der Waals surface area contributed by atoms with Crippen LogP contribution in [0.25, 0.3) is 5.65 Å². The molecule has 0 aliphatic heterocycles. The van der Waals surface area contributed by atoms with E-state index in [0.29, 0.717) is 5.95 Å². The molecule has 3 aromatic heterocycles. The van der Waals surface area contributed by atoms with E-state index in [1.54, 1.807) is 10.7 Å². The first-order valence-electron chi connectivity index (χ1n) is 6.28. The first kappa shape index (κ1) is 11.6. The number of pyridine rings is 2. The number of nitrogens with zero attached hydrogens (tertiary/aromatic N) is 4. The summed E-state index contributed by atoms with van der Waals surface area (Å²) in [6.45, 7) is 2.82. The van der Waals surface area contributed by atoms with Crippen LogP contribution in [0.1, 0.15) is 11.3 Å². The number of hydrogen-bond donors (Lipinski definition) is 1. The Kier molecular flexibility index (Phi) is 3.10. The molecule has 0 aromatic carbocycles. The summed E-state index contributed by atoms with van der Waals surface area (Å²) in [4.78, 5) is 8.70. The third-order valence-corrected chi connectivity index (χ3v) is 2.88. The molecular formula is C14H15N5. The standard InChI is InChI=1S/C14H15N5/c1-11-6-9-19-13(10-11)17-14(18-19)16-8-5-12-4-2-3-7-15-12/h2-4,6-7,9-10H,5,8H2,1H3,(H,16,18). The van der Waals surface area contributed by atoms with Gasteiger partial charge in [0.15, 0.2) is 5.65 Å². The summed E-state index contributed by atoms with van der Waals surface area (Å²) in [5.41, 5.74) is 3.11. The van der Waals surface area contributed by atoms with Crippen LogP contribution in [0.3, 0.4) is 0 Å². The molecule has 0 atom stereocenters. The molecule has 0 bridgehead atoms. The van der Waals surface area contributed by atoms with Crippen molar-refractivity contribution in [2.45, 2.75) is 13.3 Å². The summed E-state index contributed by atoms with van der Waals surface area (Å²) < 4.78 is 1.77. The van der Waals surface area contributed by atoms with Crippen molar-refractivity contribution in [2.75, 3.05) is 11.9 Å². The van der Waals surface area contributed by atoms with E-state index < -0.39 is 0 Å². The fraction of sp³-hybridized carbons (Fsp3) is 0.214. The Bertz CT molecular complexity index is 675. The zero-order valence-electron chi connectivity index (χ0n) is 10.7. The van der Waals surface area contributed by atoms with Crippen molar-refractivity contribution in [2.24, 2.45) is 0 Å². The van der Waals surface area contributed by atoms with Gasteiger partial charge in [-0.3, -0.25) is 4.98 Å². The number of aromatic nitrogens is 4. The van der Waals surface area contributed by atoms with Crippen LogP contribution in [0.4, 0.5) is 5.95 Å². The van der Waals surface area contributed by atoms with Crippen molar-refractivity contribution in [3.63, 3.8) is 0 Å². The lowest BCUT2D eigenvalue weighted by atomic mass is 10.3. The van der Waals surface area contributed by atoms with Crippen molar-refractivity contribution < 1.29 is 0 Å².